The van der Waals surface area contributed by atoms with Crippen molar-refractivity contribution in [3.05, 3.63) is 6.42 Å². The van der Waals surface area contributed by atoms with E-state index in [9.17, 15) is 0 Å². The Hall–Kier alpha value is -0.120. The predicted molar refractivity (Wildman–Crippen MR) is 68.5 cm³/mol. The lowest BCUT2D eigenvalue weighted by Gasteiger charge is -2.38. The van der Waals surface area contributed by atoms with Crippen LogP contribution in [-0.4, -0.2) is 43.4 Å². The minimum absolute atomic E-state index is 0.0506. The standard InChI is InChI=1S/C14H25N2O/c1-2-3-12-10-13(12)11-16-7-4-14(5-8-16)15-6-9-17-14/h3,12-13,15H,2,4-11H2,1H3/q-1. The molecule has 2 aliphatic heterocycles. The summed E-state index contributed by atoms with van der Waals surface area (Å²) in [6.07, 6.45) is 7.51. The van der Waals surface area contributed by atoms with Gasteiger partial charge in [0.15, 0.2) is 0 Å². The van der Waals surface area contributed by atoms with Gasteiger partial charge >= 0.3 is 0 Å². The average molecular weight is 237 g/mol. The second kappa shape index (κ2) is 4.87. The maximum absolute atomic E-state index is 5.87. The molecule has 0 aromatic heterocycles. The third kappa shape index (κ3) is 2.67. The number of ether oxygens (including phenoxy) is 1. The highest BCUT2D eigenvalue weighted by atomic mass is 16.5. The van der Waals surface area contributed by atoms with Crippen LogP contribution in [-0.2, 0) is 4.74 Å². The Labute approximate surface area is 105 Å². The van der Waals surface area contributed by atoms with E-state index < -0.39 is 0 Å². The highest BCUT2D eigenvalue weighted by Crippen LogP contribution is 2.42. The summed E-state index contributed by atoms with van der Waals surface area (Å²) in [6.45, 7) is 7.93. The van der Waals surface area contributed by atoms with Crippen molar-refractivity contribution in [2.75, 3.05) is 32.8 Å². The van der Waals surface area contributed by atoms with Crippen LogP contribution in [0.1, 0.15) is 32.6 Å². The van der Waals surface area contributed by atoms with Crippen LogP contribution in [0.15, 0.2) is 0 Å². The molecule has 17 heavy (non-hydrogen) atoms. The van der Waals surface area contributed by atoms with Gasteiger partial charge in [-0.1, -0.05) is 19.3 Å². The number of hydrogen-bond donors (Lipinski definition) is 1. The minimum atomic E-state index is 0.0506. The summed E-state index contributed by atoms with van der Waals surface area (Å²) in [5.74, 6) is 1.89. The van der Waals surface area contributed by atoms with E-state index in [1.165, 1.54) is 45.3 Å². The van der Waals surface area contributed by atoms with Crippen molar-refractivity contribution in [2.24, 2.45) is 11.8 Å². The molecule has 1 aliphatic carbocycles. The Balaban J connectivity index is 1.40. The first-order valence-electron chi connectivity index (χ1n) is 7.26. The molecule has 3 nitrogen and oxygen atoms in total. The number of hydrogen-bond acceptors (Lipinski definition) is 3. The van der Waals surface area contributed by atoms with Crippen LogP contribution in [0.2, 0.25) is 0 Å². The topological polar surface area (TPSA) is 24.5 Å². The Morgan fingerprint density at radius 2 is 2.24 bits per heavy atom. The minimum Gasteiger partial charge on any atom is -0.359 e. The van der Waals surface area contributed by atoms with Crippen LogP contribution >= 0.6 is 0 Å². The van der Waals surface area contributed by atoms with E-state index in [0.29, 0.717) is 0 Å². The van der Waals surface area contributed by atoms with Gasteiger partial charge < -0.3 is 16.1 Å². The monoisotopic (exact) mass is 237 g/mol. The molecule has 0 bridgehead atoms. The van der Waals surface area contributed by atoms with Gasteiger partial charge in [-0.15, -0.1) is 0 Å². The van der Waals surface area contributed by atoms with Crippen molar-refractivity contribution in [1.29, 1.82) is 0 Å². The predicted octanol–water partition coefficient (Wildman–Crippen LogP) is 1.65. The number of piperidine rings is 1. The maximum Gasteiger partial charge on any atom is 0.121 e. The Bertz CT molecular complexity index is 253. The molecule has 3 aliphatic rings. The highest BCUT2D eigenvalue weighted by Gasteiger charge is 2.39. The molecule has 1 saturated carbocycles. The van der Waals surface area contributed by atoms with Crippen molar-refractivity contribution in [3.8, 4) is 0 Å². The molecule has 0 aromatic rings. The van der Waals surface area contributed by atoms with E-state index >= 15 is 0 Å². The summed E-state index contributed by atoms with van der Waals surface area (Å²) >= 11 is 0. The molecule has 0 amide bonds. The third-order valence-electron chi connectivity index (χ3n) is 4.60. The summed E-state index contributed by atoms with van der Waals surface area (Å²) in [4.78, 5) is 2.64. The molecule has 3 rings (SSSR count). The largest absolute Gasteiger partial charge is 0.359 e. The summed E-state index contributed by atoms with van der Waals surface area (Å²) in [6, 6.07) is 0. The Kier molecular flexibility index (Phi) is 3.42. The molecule has 2 heterocycles. The summed E-state index contributed by atoms with van der Waals surface area (Å²) < 4.78 is 5.87. The van der Waals surface area contributed by atoms with Gasteiger partial charge in [-0.2, -0.15) is 12.3 Å². The van der Waals surface area contributed by atoms with Crippen LogP contribution in [0.4, 0.5) is 0 Å². The molecule has 1 spiro atoms. The highest BCUT2D eigenvalue weighted by molar-refractivity contribution is 4.98. The third-order valence-corrected chi connectivity index (χ3v) is 4.60. The van der Waals surface area contributed by atoms with Crippen molar-refractivity contribution < 1.29 is 4.74 Å². The van der Waals surface area contributed by atoms with Crippen molar-refractivity contribution in [1.82, 2.24) is 10.2 Å². The Morgan fingerprint density at radius 3 is 2.88 bits per heavy atom. The van der Waals surface area contributed by atoms with Crippen LogP contribution < -0.4 is 5.32 Å². The zero-order valence-electron chi connectivity index (χ0n) is 11.0. The normalized spacial score (nSPS) is 36.5. The fourth-order valence-corrected chi connectivity index (χ4v) is 3.40. The SMILES string of the molecule is CC[CH-]C1CC1CN1CCC2(CC1)NCCO2. The molecule has 2 unspecified atom stereocenters. The first-order chi connectivity index (χ1) is 8.31. The quantitative estimate of drug-likeness (QED) is 0.752. The van der Waals surface area contributed by atoms with Crippen LogP contribution in [0.3, 0.4) is 0 Å². The maximum atomic E-state index is 5.87. The van der Waals surface area contributed by atoms with Gasteiger partial charge in [0.1, 0.15) is 5.72 Å². The van der Waals surface area contributed by atoms with Gasteiger partial charge in [0.05, 0.1) is 6.61 Å². The zero-order valence-corrected chi connectivity index (χ0v) is 11.0. The van der Waals surface area contributed by atoms with Gasteiger partial charge in [0.25, 0.3) is 0 Å². The average Bonchev–Trinajstić information content (AvgIpc) is 2.90. The van der Waals surface area contributed by atoms with E-state index in [4.69, 9.17) is 4.74 Å². The van der Waals surface area contributed by atoms with Crippen LogP contribution in [0, 0.1) is 18.3 Å². The van der Waals surface area contributed by atoms with Crippen molar-refractivity contribution in [2.45, 2.75) is 38.3 Å². The van der Waals surface area contributed by atoms with E-state index in [1.807, 2.05) is 0 Å². The van der Waals surface area contributed by atoms with Gasteiger partial charge in [-0.25, -0.2) is 0 Å². The van der Waals surface area contributed by atoms with E-state index in [2.05, 4.69) is 23.6 Å². The smallest absolute Gasteiger partial charge is 0.121 e. The van der Waals surface area contributed by atoms with E-state index in [0.717, 1.165) is 25.0 Å². The summed E-state index contributed by atoms with van der Waals surface area (Å²) in [7, 11) is 0. The lowest BCUT2D eigenvalue weighted by molar-refractivity contribution is -0.0570. The number of nitrogens with zero attached hydrogens (tertiary/aromatic N) is 1. The van der Waals surface area contributed by atoms with E-state index in [-0.39, 0.29) is 5.72 Å². The van der Waals surface area contributed by atoms with Crippen LogP contribution in [0.25, 0.3) is 0 Å². The number of likely N-dealkylation sites (tertiary alicyclic amines) is 1. The van der Waals surface area contributed by atoms with Gasteiger partial charge in [0.2, 0.25) is 0 Å². The summed E-state index contributed by atoms with van der Waals surface area (Å²) in [5.41, 5.74) is 0.0506. The van der Waals surface area contributed by atoms with Crippen molar-refractivity contribution in [3.63, 3.8) is 0 Å². The second-order valence-corrected chi connectivity index (χ2v) is 5.87. The molecule has 3 heteroatoms. The van der Waals surface area contributed by atoms with Crippen LogP contribution in [0.5, 0.6) is 0 Å². The van der Waals surface area contributed by atoms with Gasteiger partial charge in [-0.3, -0.25) is 5.32 Å². The molecule has 0 aromatic carbocycles. The first-order valence-corrected chi connectivity index (χ1v) is 7.26. The molecule has 2 saturated heterocycles. The fourth-order valence-electron chi connectivity index (χ4n) is 3.40. The van der Waals surface area contributed by atoms with Gasteiger partial charge in [-0.05, 0) is 6.54 Å². The fraction of sp³-hybridized carbons (Fsp3) is 0.929. The van der Waals surface area contributed by atoms with Crippen molar-refractivity contribution >= 4 is 0 Å². The number of rotatable bonds is 4. The molecule has 98 valence electrons. The molecule has 3 fully saturated rings. The number of nitrogens with one attached hydrogen (secondary N) is 1. The zero-order chi connectivity index (χ0) is 11.7. The lowest BCUT2D eigenvalue weighted by atomic mass is 10.0. The molecule has 1 N–H and O–H groups in total. The summed E-state index contributed by atoms with van der Waals surface area (Å²) in [5, 5.41) is 3.54. The lowest BCUT2D eigenvalue weighted by Crippen LogP contribution is -2.51. The van der Waals surface area contributed by atoms with E-state index in [1.54, 1.807) is 0 Å². The molecule has 2 atom stereocenters. The molecular weight excluding hydrogens is 212 g/mol. The Morgan fingerprint density at radius 1 is 1.41 bits per heavy atom. The van der Waals surface area contributed by atoms with Gasteiger partial charge in [0, 0.05) is 32.5 Å². The molecule has 0 radical (unpaired) electrons. The molecular formula is C14H25N2O-. The first kappa shape index (κ1) is 11.9. The second-order valence-electron chi connectivity index (χ2n) is 5.87.